The zero-order chi connectivity index (χ0) is 13.0. The highest BCUT2D eigenvalue weighted by Crippen LogP contribution is 2.17. The molecule has 1 saturated carbocycles. The topological polar surface area (TPSA) is 35.6 Å². The molecular formula is C14H27N3O. The fourth-order valence-corrected chi connectivity index (χ4v) is 3.16. The Balaban J connectivity index is 1.64. The highest BCUT2D eigenvalue weighted by atomic mass is 16.2. The van der Waals surface area contributed by atoms with Crippen LogP contribution < -0.4 is 5.32 Å². The summed E-state index contributed by atoms with van der Waals surface area (Å²) in [5.74, 6) is 0.909. The Morgan fingerprint density at radius 2 is 2.06 bits per heavy atom. The molecule has 1 unspecified atom stereocenters. The standard InChI is InChI=1S/C14H27N3O/c1-16-8-7-12(10-16)11-17(2)14(18)9-15-13-5-3-4-6-13/h12-13,15H,3-11H2,1-2H3. The number of hydrogen-bond acceptors (Lipinski definition) is 3. The van der Waals surface area contributed by atoms with Gasteiger partial charge in [0.2, 0.25) is 5.91 Å². The van der Waals surface area contributed by atoms with Crippen molar-refractivity contribution in [3.05, 3.63) is 0 Å². The first-order chi connectivity index (χ1) is 8.65. The van der Waals surface area contributed by atoms with E-state index in [-0.39, 0.29) is 5.91 Å². The Hall–Kier alpha value is -0.610. The third-order valence-corrected chi connectivity index (χ3v) is 4.34. The fraction of sp³-hybridized carbons (Fsp3) is 0.929. The van der Waals surface area contributed by atoms with Crippen molar-refractivity contribution in [3.63, 3.8) is 0 Å². The molecule has 0 aromatic heterocycles. The number of nitrogens with one attached hydrogen (secondary N) is 1. The van der Waals surface area contributed by atoms with Crippen molar-refractivity contribution in [1.29, 1.82) is 0 Å². The van der Waals surface area contributed by atoms with Crippen LogP contribution in [-0.2, 0) is 4.79 Å². The molecule has 1 N–H and O–H groups in total. The van der Waals surface area contributed by atoms with E-state index in [0.717, 1.165) is 13.1 Å². The van der Waals surface area contributed by atoms with Gasteiger partial charge in [-0.15, -0.1) is 0 Å². The average Bonchev–Trinajstić information content (AvgIpc) is 2.97. The van der Waals surface area contributed by atoms with Gasteiger partial charge >= 0.3 is 0 Å². The number of carbonyl (C=O) groups is 1. The maximum absolute atomic E-state index is 12.0. The molecule has 2 fully saturated rings. The number of hydrogen-bond donors (Lipinski definition) is 1. The molecule has 104 valence electrons. The number of likely N-dealkylation sites (tertiary alicyclic amines) is 1. The molecule has 2 aliphatic rings. The van der Waals surface area contributed by atoms with Crippen LogP contribution in [0.4, 0.5) is 0 Å². The first-order valence-corrected chi connectivity index (χ1v) is 7.31. The minimum absolute atomic E-state index is 0.247. The van der Waals surface area contributed by atoms with Crippen LogP contribution in [0.3, 0.4) is 0 Å². The van der Waals surface area contributed by atoms with Crippen LogP contribution in [0.15, 0.2) is 0 Å². The Labute approximate surface area is 111 Å². The van der Waals surface area contributed by atoms with E-state index in [1.165, 1.54) is 38.6 Å². The van der Waals surface area contributed by atoms with E-state index in [9.17, 15) is 4.79 Å². The second kappa shape index (κ2) is 6.53. The lowest BCUT2D eigenvalue weighted by Gasteiger charge is -2.22. The van der Waals surface area contributed by atoms with Crippen molar-refractivity contribution in [2.45, 2.75) is 38.1 Å². The summed E-state index contributed by atoms with van der Waals surface area (Å²) in [5, 5.41) is 3.39. The van der Waals surface area contributed by atoms with Crippen LogP contribution in [0.5, 0.6) is 0 Å². The maximum Gasteiger partial charge on any atom is 0.236 e. The Morgan fingerprint density at radius 1 is 1.33 bits per heavy atom. The van der Waals surface area contributed by atoms with E-state index < -0.39 is 0 Å². The Kier molecular flexibility index (Phi) is 5.01. The van der Waals surface area contributed by atoms with E-state index in [4.69, 9.17) is 0 Å². The molecule has 1 aliphatic heterocycles. The predicted octanol–water partition coefficient (Wildman–Crippen LogP) is 0.929. The minimum atomic E-state index is 0.247. The zero-order valence-corrected chi connectivity index (χ0v) is 11.8. The summed E-state index contributed by atoms with van der Waals surface area (Å²) < 4.78 is 0. The van der Waals surface area contributed by atoms with Crippen LogP contribution in [-0.4, -0.2) is 62.0 Å². The van der Waals surface area contributed by atoms with Crippen LogP contribution in [0.2, 0.25) is 0 Å². The number of nitrogens with zero attached hydrogens (tertiary/aromatic N) is 2. The largest absolute Gasteiger partial charge is 0.344 e. The average molecular weight is 253 g/mol. The van der Waals surface area contributed by atoms with E-state index in [1.54, 1.807) is 0 Å². The van der Waals surface area contributed by atoms with E-state index >= 15 is 0 Å². The van der Waals surface area contributed by atoms with E-state index in [1.807, 2.05) is 11.9 Å². The van der Waals surface area contributed by atoms with Gasteiger partial charge in [0.1, 0.15) is 0 Å². The summed E-state index contributed by atoms with van der Waals surface area (Å²) in [6, 6.07) is 0.583. The third kappa shape index (κ3) is 3.95. The van der Waals surface area contributed by atoms with Crippen molar-refractivity contribution < 1.29 is 4.79 Å². The molecule has 1 aliphatic carbocycles. The molecule has 0 aromatic rings. The monoisotopic (exact) mass is 253 g/mol. The molecule has 0 spiro atoms. The summed E-state index contributed by atoms with van der Waals surface area (Å²) >= 11 is 0. The summed E-state index contributed by atoms with van der Waals surface area (Å²) in [6.45, 7) is 3.74. The van der Waals surface area contributed by atoms with E-state index in [0.29, 0.717) is 18.5 Å². The molecule has 1 atom stereocenters. The molecule has 0 aromatic carbocycles. The van der Waals surface area contributed by atoms with Gasteiger partial charge in [0.15, 0.2) is 0 Å². The second-order valence-electron chi connectivity index (χ2n) is 6.05. The van der Waals surface area contributed by atoms with Gasteiger partial charge in [0, 0.05) is 26.2 Å². The molecule has 1 saturated heterocycles. The fourth-order valence-electron chi connectivity index (χ4n) is 3.16. The van der Waals surface area contributed by atoms with Gasteiger partial charge in [-0.1, -0.05) is 12.8 Å². The summed E-state index contributed by atoms with van der Waals surface area (Å²) in [6.07, 6.45) is 6.34. The van der Waals surface area contributed by atoms with Crippen molar-refractivity contribution >= 4 is 5.91 Å². The minimum Gasteiger partial charge on any atom is -0.344 e. The van der Waals surface area contributed by atoms with Crippen LogP contribution >= 0.6 is 0 Å². The van der Waals surface area contributed by atoms with Crippen molar-refractivity contribution in [1.82, 2.24) is 15.1 Å². The van der Waals surface area contributed by atoms with Crippen LogP contribution in [0, 0.1) is 5.92 Å². The number of amides is 1. The highest BCUT2D eigenvalue weighted by Gasteiger charge is 2.23. The van der Waals surface area contributed by atoms with Gasteiger partial charge in [-0.05, 0) is 38.8 Å². The summed E-state index contributed by atoms with van der Waals surface area (Å²) in [5.41, 5.74) is 0. The lowest BCUT2D eigenvalue weighted by atomic mass is 10.1. The van der Waals surface area contributed by atoms with Gasteiger partial charge < -0.3 is 15.1 Å². The van der Waals surface area contributed by atoms with Gasteiger partial charge in [-0.25, -0.2) is 0 Å². The predicted molar refractivity (Wildman–Crippen MR) is 73.5 cm³/mol. The quantitative estimate of drug-likeness (QED) is 0.792. The normalized spacial score (nSPS) is 25.8. The molecule has 0 bridgehead atoms. The van der Waals surface area contributed by atoms with Gasteiger partial charge in [-0.3, -0.25) is 4.79 Å². The van der Waals surface area contributed by atoms with Crippen LogP contribution in [0.1, 0.15) is 32.1 Å². The van der Waals surface area contributed by atoms with Gasteiger partial charge in [0.25, 0.3) is 0 Å². The lowest BCUT2D eigenvalue weighted by molar-refractivity contribution is -0.129. The molecule has 2 rings (SSSR count). The molecule has 4 nitrogen and oxygen atoms in total. The number of likely N-dealkylation sites (N-methyl/N-ethyl adjacent to an activating group) is 1. The SMILES string of the molecule is CN1CCC(CN(C)C(=O)CNC2CCCC2)C1. The van der Waals surface area contributed by atoms with E-state index in [2.05, 4.69) is 17.3 Å². The number of rotatable bonds is 5. The lowest BCUT2D eigenvalue weighted by Crippen LogP contribution is -2.41. The van der Waals surface area contributed by atoms with Crippen molar-refractivity contribution in [2.24, 2.45) is 5.92 Å². The first kappa shape index (κ1) is 13.8. The summed E-state index contributed by atoms with van der Waals surface area (Å²) in [7, 11) is 4.10. The maximum atomic E-state index is 12.0. The van der Waals surface area contributed by atoms with Crippen molar-refractivity contribution in [3.8, 4) is 0 Å². The van der Waals surface area contributed by atoms with Crippen molar-refractivity contribution in [2.75, 3.05) is 40.3 Å². The Bertz CT molecular complexity index is 276. The summed E-state index contributed by atoms with van der Waals surface area (Å²) in [4.78, 5) is 16.3. The zero-order valence-electron chi connectivity index (χ0n) is 11.8. The van der Waals surface area contributed by atoms with Crippen LogP contribution in [0.25, 0.3) is 0 Å². The number of carbonyl (C=O) groups excluding carboxylic acids is 1. The molecule has 4 heteroatoms. The first-order valence-electron chi connectivity index (χ1n) is 7.31. The molecule has 18 heavy (non-hydrogen) atoms. The Morgan fingerprint density at radius 3 is 2.67 bits per heavy atom. The van der Waals surface area contributed by atoms with Gasteiger partial charge in [0.05, 0.1) is 6.54 Å². The molecule has 1 heterocycles. The molecule has 0 radical (unpaired) electrons. The molecular weight excluding hydrogens is 226 g/mol. The highest BCUT2D eigenvalue weighted by molar-refractivity contribution is 5.78. The van der Waals surface area contributed by atoms with Gasteiger partial charge in [-0.2, -0.15) is 0 Å². The smallest absolute Gasteiger partial charge is 0.236 e. The second-order valence-corrected chi connectivity index (χ2v) is 6.05. The third-order valence-electron chi connectivity index (χ3n) is 4.34. The molecule has 1 amide bonds.